The summed E-state index contributed by atoms with van der Waals surface area (Å²) in [5.74, 6) is -0.721. The second-order valence-corrected chi connectivity index (χ2v) is 1.29. The van der Waals surface area contributed by atoms with Gasteiger partial charge in [0.1, 0.15) is 6.73 Å². The molecule has 0 saturated heterocycles. The first-order chi connectivity index (χ1) is 4.66. The summed E-state index contributed by atoms with van der Waals surface area (Å²) in [5, 5.41) is 0. The number of hydrogen-bond acceptors (Lipinski definition) is 5. The van der Waals surface area contributed by atoms with E-state index >= 15 is 0 Å². The number of esters is 1. The van der Waals surface area contributed by atoms with Gasteiger partial charge in [-0.3, -0.25) is 5.73 Å². The van der Waals surface area contributed by atoms with Crippen LogP contribution in [0.5, 0.6) is 0 Å². The van der Waals surface area contributed by atoms with Crippen molar-refractivity contribution in [2.75, 3.05) is 13.3 Å². The zero-order chi connectivity index (χ0) is 7.98. The van der Waals surface area contributed by atoms with Crippen molar-refractivity contribution in [2.45, 2.75) is 0 Å². The third-order valence-corrected chi connectivity index (χ3v) is 0.577. The number of nitrogens with two attached hydrogens (primary N) is 2. The van der Waals surface area contributed by atoms with Crippen LogP contribution >= 0.6 is 0 Å². The molecule has 0 heterocycles. The molecule has 0 atom stereocenters. The fraction of sp³-hybridized carbons (Fsp3) is 0.500. The molecule has 0 aromatic carbocycles. The Labute approximate surface area is 57.1 Å². The molecule has 0 radical (unpaired) electrons. The van der Waals surface area contributed by atoms with Crippen molar-refractivity contribution in [1.82, 2.24) is 0 Å². The van der Waals surface area contributed by atoms with E-state index in [1.807, 2.05) is 0 Å². The Morgan fingerprint density at radius 3 is 2.30 bits per heavy atom. The molecule has 0 aliphatic rings. The smallest absolute Gasteiger partial charge is 0.405 e. The highest BCUT2D eigenvalue weighted by Gasteiger charge is 2.02. The molecule has 0 spiro atoms. The Morgan fingerprint density at radius 1 is 1.30 bits per heavy atom. The van der Waals surface area contributed by atoms with E-state index in [9.17, 15) is 9.59 Å². The van der Waals surface area contributed by atoms with Crippen LogP contribution in [-0.4, -0.2) is 25.4 Å². The number of hydrogen-bond donors (Lipinski definition) is 2. The SMILES string of the molecule is NCOC(=O)COC(N)=O. The molecule has 10 heavy (non-hydrogen) atoms. The normalized spacial score (nSPS) is 8.50. The summed E-state index contributed by atoms with van der Waals surface area (Å²) in [6, 6.07) is 0. The standard InChI is InChI=1S/C4H8N2O4/c5-2-10-3(7)1-9-4(6)8/h1-2,5H2,(H2,6,8). The maximum atomic E-state index is 10.3. The van der Waals surface area contributed by atoms with Crippen molar-refractivity contribution in [2.24, 2.45) is 11.5 Å². The van der Waals surface area contributed by atoms with Gasteiger partial charge >= 0.3 is 12.1 Å². The van der Waals surface area contributed by atoms with Gasteiger partial charge in [-0.05, 0) is 0 Å². The van der Waals surface area contributed by atoms with Crippen molar-refractivity contribution in [1.29, 1.82) is 0 Å². The maximum absolute atomic E-state index is 10.3. The van der Waals surface area contributed by atoms with Gasteiger partial charge in [0.15, 0.2) is 6.61 Å². The van der Waals surface area contributed by atoms with Gasteiger partial charge in [-0.2, -0.15) is 0 Å². The van der Waals surface area contributed by atoms with Crippen LogP contribution < -0.4 is 11.5 Å². The number of rotatable bonds is 3. The summed E-state index contributed by atoms with van der Waals surface area (Å²) < 4.78 is 8.26. The third-order valence-electron chi connectivity index (χ3n) is 0.577. The monoisotopic (exact) mass is 148 g/mol. The molecule has 0 unspecified atom stereocenters. The minimum Gasteiger partial charge on any atom is -0.447 e. The second kappa shape index (κ2) is 4.57. The number of carbonyl (C=O) groups is 2. The van der Waals surface area contributed by atoms with Gasteiger partial charge in [0.25, 0.3) is 0 Å². The van der Waals surface area contributed by atoms with Crippen LogP contribution in [0.2, 0.25) is 0 Å². The number of carbonyl (C=O) groups excluding carboxylic acids is 2. The van der Waals surface area contributed by atoms with E-state index in [-0.39, 0.29) is 6.73 Å². The molecule has 0 aromatic rings. The first kappa shape index (κ1) is 8.70. The molecule has 1 amide bonds. The van der Waals surface area contributed by atoms with E-state index < -0.39 is 18.7 Å². The lowest BCUT2D eigenvalue weighted by Crippen LogP contribution is -2.22. The first-order valence-electron chi connectivity index (χ1n) is 2.44. The van der Waals surface area contributed by atoms with Crippen LogP contribution in [0.4, 0.5) is 4.79 Å². The zero-order valence-corrected chi connectivity index (χ0v) is 5.20. The molecule has 0 fully saturated rings. The molecule has 0 saturated carbocycles. The lowest BCUT2D eigenvalue weighted by Gasteiger charge is -1.99. The Kier molecular flexibility index (Phi) is 3.97. The minimum atomic E-state index is -1.02. The number of primary amides is 1. The molecular formula is C4H8N2O4. The lowest BCUT2D eigenvalue weighted by atomic mass is 10.7. The summed E-state index contributed by atoms with van der Waals surface area (Å²) in [6.07, 6.45) is -1.02. The van der Waals surface area contributed by atoms with E-state index in [2.05, 4.69) is 15.2 Å². The summed E-state index contributed by atoms with van der Waals surface area (Å²) >= 11 is 0. The van der Waals surface area contributed by atoms with Gasteiger partial charge in [0.2, 0.25) is 0 Å². The molecule has 0 aliphatic carbocycles. The highest BCUT2D eigenvalue weighted by molar-refractivity contribution is 5.74. The average Bonchev–Trinajstić information content (AvgIpc) is 1.85. The van der Waals surface area contributed by atoms with Crippen molar-refractivity contribution in [3.05, 3.63) is 0 Å². The molecule has 58 valence electrons. The Morgan fingerprint density at radius 2 is 1.90 bits per heavy atom. The van der Waals surface area contributed by atoms with Gasteiger partial charge in [-0.15, -0.1) is 0 Å². The lowest BCUT2D eigenvalue weighted by molar-refractivity contribution is -0.146. The van der Waals surface area contributed by atoms with Crippen LogP contribution in [0.25, 0.3) is 0 Å². The summed E-state index contributed by atoms with van der Waals surface area (Å²) in [4.78, 5) is 20.2. The highest BCUT2D eigenvalue weighted by atomic mass is 16.6. The summed E-state index contributed by atoms with van der Waals surface area (Å²) in [7, 11) is 0. The van der Waals surface area contributed by atoms with E-state index in [0.717, 1.165) is 0 Å². The summed E-state index contributed by atoms with van der Waals surface area (Å²) in [5.41, 5.74) is 9.36. The maximum Gasteiger partial charge on any atom is 0.405 e. The van der Waals surface area contributed by atoms with E-state index in [0.29, 0.717) is 0 Å². The molecule has 0 aromatic heterocycles. The van der Waals surface area contributed by atoms with Crippen molar-refractivity contribution in [3.63, 3.8) is 0 Å². The van der Waals surface area contributed by atoms with Crippen molar-refractivity contribution in [3.8, 4) is 0 Å². The zero-order valence-electron chi connectivity index (χ0n) is 5.20. The molecule has 0 aliphatic heterocycles. The summed E-state index contributed by atoms with van der Waals surface area (Å²) in [6.45, 7) is -0.729. The van der Waals surface area contributed by atoms with Gasteiger partial charge in [-0.1, -0.05) is 0 Å². The van der Waals surface area contributed by atoms with E-state index in [4.69, 9.17) is 5.73 Å². The number of amides is 1. The molecule has 0 rings (SSSR count). The second-order valence-electron chi connectivity index (χ2n) is 1.29. The van der Waals surface area contributed by atoms with Crippen LogP contribution in [0.1, 0.15) is 0 Å². The minimum absolute atomic E-state index is 0.235. The number of ether oxygens (including phenoxy) is 2. The molecule has 6 nitrogen and oxygen atoms in total. The average molecular weight is 148 g/mol. The van der Waals surface area contributed by atoms with Crippen molar-refractivity contribution < 1.29 is 19.1 Å². The van der Waals surface area contributed by atoms with Crippen LogP contribution in [-0.2, 0) is 14.3 Å². The molecule has 4 N–H and O–H groups in total. The van der Waals surface area contributed by atoms with Crippen LogP contribution in [0.15, 0.2) is 0 Å². The fourth-order valence-corrected chi connectivity index (χ4v) is 0.265. The predicted molar refractivity (Wildman–Crippen MR) is 30.7 cm³/mol. The fourth-order valence-electron chi connectivity index (χ4n) is 0.265. The topological polar surface area (TPSA) is 105 Å². The van der Waals surface area contributed by atoms with Crippen molar-refractivity contribution >= 4 is 12.1 Å². The first-order valence-corrected chi connectivity index (χ1v) is 2.44. The van der Waals surface area contributed by atoms with Gasteiger partial charge in [0.05, 0.1) is 0 Å². The highest BCUT2D eigenvalue weighted by Crippen LogP contribution is 1.77. The van der Waals surface area contributed by atoms with E-state index in [1.165, 1.54) is 0 Å². The quantitative estimate of drug-likeness (QED) is 0.376. The third kappa shape index (κ3) is 4.85. The predicted octanol–water partition coefficient (Wildman–Crippen LogP) is -1.46. The Hall–Kier alpha value is -1.30. The molecule has 0 bridgehead atoms. The van der Waals surface area contributed by atoms with E-state index in [1.54, 1.807) is 0 Å². The van der Waals surface area contributed by atoms with Crippen LogP contribution in [0.3, 0.4) is 0 Å². The van der Waals surface area contributed by atoms with Gasteiger partial charge in [-0.25, -0.2) is 9.59 Å². The largest absolute Gasteiger partial charge is 0.447 e. The molecule has 6 heteroatoms. The van der Waals surface area contributed by atoms with Gasteiger partial charge < -0.3 is 15.2 Å². The van der Waals surface area contributed by atoms with Crippen LogP contribution in [0, 0.1) is 0 Å². The molecular weight excluding hydrogens is 140 g/mol. The Bertz CT molecular complexity index is 135. The van der Waals surface area contributed by atoms with Gasteiger partial charge in [0, 0.05) is 0 Å². The Balaban J connectivity index is 3.30.